The Hall–Kier alpha value is -0.860. The number of fused-ring (bicyclic) bond motifs is 1. The molecule has 1 atom stereocenters. The van der Waals surface area contributed by atoms with Crippen LogP contribution >= 0.6 is 0 Å². The summed E-state index contributed by atoms with van der Waals surface area (Å²) >= 11 is 0. The first-order valence-corrected chi connectivity index (χ1v) is 8.82. The van der Waals surface area contributed by atoms with Crippen LogP contribution < -0.4 is 5.73 Å². The van der Waals surface area contributed by atoms with E-state index in [2.05, 4.69) is 36.9 Å². The fourth-order valence-electron chi connectivity index (χ4n) is 3.56. The molecule has 0 aromatic heterocycles. The van der Waals surface area contributed by atoms with Gasteiger partial charge in [-0.3, -0.25) is 0 Å². The molecule has 1 unspecified atom stereocenters. The summed E-state index contributed by atoms with van der Waals surface area (Å²) in [4.78, 5) is 2.58. The molecular formula is C19H32N2. The second kappa shape index (κ2) is 8.55. The largest absolute Gasteiger partial charge is 0.330 e. The summed E-state index contributed by atoms with van der Waals surface area (Å²) in [6.45, 7) is 8.77. The number of nitrogens with two attached hydrogens (primary N) is 1. The standard InChI is InChI=1S/C19H32N2/c1-3-11-21(12-4-2)15-19(14-20)18-10-9-16-7-5-6-8-17(16)13-18/h9-10,13,19H,3-8,11-12,14-15,20H2,1-2H3. The van der Waals surface area contributed by atoms with E-state index in [-0.39, 0.29) is 0 Å². The van der Waals surface area contributed by atoms with Crippen LogP contribution in [0.1, 0.15) is 62.1 Å². The quantitative estimate of drug-likeness (QED) is 0.790. The Labute approximate surface area is 130 Å². The van der Waals surface area contributed by atoms with E-state index in [4.69, 9.17) is 5.73 Å². The maximum atomic E-state index is 6.09. The summed E-state index contributed by atoms with van der Waals surface area (Å²) in [5.41, 5.74) is 10.7. The summed E-state index contributed by atoms with van der Waals surface area (Å²) in [7, 11) is 0. The molecule has 2 N–H and O–H groups in total. The van der Waals surface area contributed by atoms with E-state index >= 15 is 0 Å². The van der Waals surface area contributed by atoms with Gasteiger partial charge in [0.25, 0.3) is 0 Å². The SMILES string of the molecule is CCCN(CCC)CC(CN)c1ccc2c(c1)CCCC2. The molecule has 0 fully saturated rings. The zero-order valence-corrected chi connectivity index (χ0v) is 13.9. The minimum atomic E-state index is 0.482. The van der Waals surface area contributed by atoms with Crippen molar-refractivity contribution in [1.82, 2.24) is 4.90 Å². The maximum absolute atomic E-state index is 6.09. The smallest absolute Gasteiger partial charge is 0.00889 e. The molecule has 21 heavy (non-hydrogen) atoms. The Morgan fingerprint density at radius 2 is 1.71 bits per heavy atom. The maximum Gasteiger partial charge on any atom is 0.00889 e. The minimum Gasteiger partial charge on any atom is -0.330 e. The average molecular weight is 288 g/mol. The highest BCUT2D eigenvalue weighted by Crippen LogP contribution is 2.26. The van der Waals surface area contributed by atoms with Crippen molar-refractivity contribution in [3.05, 3.63) is 34.9 Å². The van der Waals surface area contributed by atoms with Crippen molar-refractivity contribution in [2.45, 2.75) is 58.3 Å². The van der Waals surface area contributed by atoms with Crippen molar-refractivity contribution < 1.29 is 0 Å². The van der Waals surface area contributed by atoms with Gasteiger partial charge in [-0.1, -0.05) is 32.0 Å². The molecule has 1 aromatic carbocycles. The Morgan fingerprint density at radius 3 is 2.33 bits per heavy atom. The molecule has 2 rings (SSSR count). The molecule has 0 radical (unpaired) electrons. The van der Waals surface area contributed by atoms with E-state index in [1.54, 1.807) is 11.1 Å². The summed E-state index contributed by atoms with van der Waals surface area (Å²) in [6.07, 6.45) is 7.67. The lowest BCUT2D eigenvalue weighted by molar-refractivity contribution is 0.258. The number of benzene rings is 1. The van der Waals surface area contributed by atoms with Gasteiger partial charge in [0.15, 0.2) is 0 Å². The zero-order valence-electron chi connectivity index (χ0n) is 13.9. The first-order valence-electron chi connectivity index (χ1n) is 8.82. The van der Waals surface area contributed by atoms with Gasteiger partial charge >= 0.3 is 0 Å². The topological polar surface area (TPSA) is 29.3 Å². The van der Waals surface area contributed by atoms with E-state index in [0.717, 1.165) is 13.1 Å². The van der Waals surface area contributed by atoms with Gasteiger partial charge in [0, 0.05) is 19.0 Å². The highest BCUT2D eigenvalue weighted by molar-refractivity contribution is 5.35. The van der Waals surface area contributed by atoms with Crippen LogP contribution in [0.5, 0.6) is 0 Å². The van der Waals surface area contributed by atoms with Gasteiger partial charge in [0.05, 0.1) is 0 Å². The molecule has 118 valence electrons. The van der Waals surface area contributed by atoms with Crippen LogP contribution in [0.3, 0.4) is 0 Å². The van der Waals surface area contributed by atoms with Crippen molar-refractivity contribution >= 4 is 0 Å². The van der Waals surface area contributed by atoms with Crippen molar-refractivity contribution in [3.8, 4) is 0 Å². The van der Waals surface area contributed by atoms with Crippen LogP contribution in [0.2, 0.25) is 0 Å². The number of rotatable bonds is 8. The van der Waals surface area contributed by atoms with Gasteiger partial charge in [-0.25, -0.2) is 0 Å². The molecule has 0 aliphatic heterocycles. The third-order valence-corrected chi connectivity index (χ3v) is 4.69. The highest BCUT2D eigenvalue weighted by atomic mass is 15.1. The van der Waals surface area contributed by atoms with Crippen LogP contribution in [0.25, 0.3) is 0 Å². The van der Waals surface area contributed by atoms with Crippen LogP contribution in [0.4, 0.5) is 0 Å². The lowest BCUT2D eigenvalue weighted by Gasteiger charge is -2.27. The van der Waals surface area contributed by atoms with Gasteiger partial charge in [-0.15, -0.1) is 0 Å². The molecule has 1 aromatic rings. The van der Waals surface area contributed by atoms with E-state index in [9.17, 15) is 0 Å². The Morgan fingerprint density at radius 1 is 1.05 bits per heavy atom. The van der Waals surface area contributed by atoms with Gasteiger partial charge in [0.2, 0.25) is 0 Å². The van der Waals surface area contributed by atoms with Gasteiger partial charge in [0.1, 0.15) is 0 Å². The monoisotopic (exact) mass is 288 g/mol. The Bertz CT molecular complexity index is 422. The van der Waals surface area contributed by atoms with Crippen LogP contribution in [-0.2, 0) is 12.8 Å². The minimum absolute atomic E-state index is 0.482. The third kappa shape index (κ3) is 4.55. The molecule has 1 aliphatic carbocycles. The summed E-state index contributed by atoms with van der Waals surface area (Å²) < 4.78 is 0. The summed E-state index contributed by atoms with van der Waals surface area (Å²) in [5, 5.41) is 0. The number of hydrogen-bond donors (Lipinski definition) is 1. The lowest BCUT2D eigenvalue weighted by Crippen LogP contribution is -2.33. The van der Waals surface area contributed by atoms with E-state index < -0.39 is 0 Å². The van der Waals surface area contributed by atoms with E-state index in [0.29, 0.717) is 5.92 Å². The molecule has 0 saturated heterocycles. The number of hydrogen-bond acceptors (Lipinski definition) is 2. The predicted molar refractivity (Wildman–Crippen MR) is 91.9 cm³/mol. The molecule has 0 saturated carbocycles. The van der Waals surface area contributed by atoms with Crippen molar-refractivity contribution in [3.63, 3.8) is 0 Å². The van der Waals surface area contributed by atoms with Crippen LogP contribution in [0, 0.1) is 0 Å². The Kier molecular flexibility index (Phi) is 6.72. The van der Waals surface area contributed by atoms with Crippen molar-refractivity contribution in [2.24, 2.45) is 5.73 Å². The van der Waals surface area contributed by atoms with Gasteiger partial charge < -0.3 is 10.6 Å². The first-order chi connectivity index (χ1) is 10.3. The number of nitrogens with zero attached hydrogens (tertiary/aromatic N) is 1. The fourth-order valence-corrected chi connectivity index (χ4v) is 3.56. The highest BCUT2D eigenvalue weighted by Gasteiger charge is 2.17. The zero-order chi connectivity index (χ0) is 15.1. The first kappa shape index (κ1) is 16.5. The van der Waals surface area contributed by atoms with Crippen molar-refractivity contribution in [1.29, 1.82) is 0 Å². The van der Waals surface area contributed by atoms with Gasteiger partial charge in [-0.2, -0.15) is 0 Å². The molecule has 0 amide bonds. The predicted octanol–water partition coefficient (Wildman–Crippen LogP) is 3.73. The molecule has 1 aliphatic rings. The molecular weight excluding hydrogens is 256 g/mol. The summed E-state index contributed by atoms with van der Waals surface area (Å²) in [6, 6.07) is 7.14. The second-order valence-corrected chi connectivity index (χ2v) is 6.47. The summed E-state index contributed by atoms with van der Waals surface area (Å²) in [5.74, 6) is 0.482. The molecule has 0 spiro atoms. The fraction of sp³-hybridized carbons (Fsp3) is 0.684. The van der Waals surface area contributed by atoms with Gasteiger partial charge in [-0.05, 0) is 68.3 Å². The van der Waals surface area contributed by atoms with E-state index in [1.165, 1.54) is 57.2 Å². The normalized spacial score (nSPS) is 16.0. The molecule has 0 heterocycles. The Balaban J connectivity index is 2.09. The molecule has 0 bridgehead atoms. The third-order valence-electron chi connectivity index (χ3n) is 4.69. The molecule has 2 nitrogen and oxygen atoms in total. The van der Waals surface area contributed by atoms with Crippen LogP contribution in [0.15, 0.2) is 18.2 Å². The number of aryl methyl sites for hydroxylation is 2. The lowest BCUT2D eigenvalue weighted by atomic mass is 9.87. The van der Waals surface area contributed by atoms with E-state index in [1.807, 2.05) is 0 Å². The average Bonchev–Trinajstić information content (AvgIpc) is 2.52. The second-order valence-electron chi connectivity index (χ2n) is 6.47. The van der Waals surface area contributed by atoms with Crippen LogP contribution in [-0.4, -0.2) is 31.1 Å². The molecule has 2 heteroatoms. The van der Waals surface area contributed by atoms with Crippen molar-refractivity contribution in [2.75, 3.05) is 26.2 Å².